The Labute approximate surface area is 159 Å². The van der Waals surface area contributed by atoms with Crippen molar-refractivity contribution in [1.82, 2.24) is 14.8 Å². The van der Waals surface area contributed by atoms with Gasteiger partial charge in [0, 0.05) is 60.8 Å². The molecular formula is C18H23Cl2N3S. The van der Waals surface area contributed by atoms with Crippen molar-refractivity contribution in [3.8, 4) is 0 Å². The van der Waals surface area contributed by atoms with Crippen molar-refractivity contribution in [2.24, 2.45) is 7.05 Å². The Bertz CT molecular complexity index is 764. The van der Waals surface area contributed by atoms with Gasteiger partial charge in [-0.15, -0.1) is 36.2 Å². The molecule has 1 aliphatic rings. The zero-order chi connectivity index (χ0) is 14.9. The van der Waals surface area contributed by atoms with Crippen LogP contribution in [0.4, 0.5) is 0 Å². The van der Waals surface area contributed by atoms with Gasteiger partial charge in [-0.05, 0) is 17.5 Å². The fraction of sp³-hybridized carbons (Fsp3) is 0.333. The second-order valence-corrected chi connectivity index (χ2v) is 6.90. The summed E-state index contributed by atoms with van der Waals surface area (Å²) in [5, 5.41) is 7.03. The molecule has 3 nitrogen and oxygen atoms in total. The van der Waals surface area contributed by atoms with Crippen LogP contribution in [0.3, 0.4) is 0 Å². The molecule has 0 radical (unpaired) electrons. The number of rotatable bonds is 3. The first-order valence-electron chi connectivity index (χ1n) is 7.87. The standard InChI is InChI=1S/C18H21N3S.2ClH/c1-20-13-15(14-5-2-3-6-16(14)20)18(17-7-4-12-22-17)21-10-8-19-9-11-21;;/h2-7,12-13,18-19H,8-11H2,1H3;2*1H/t18-;;/m1../s1. The lowest BCUT2D eigenvalue weighted by Crippen LogP contribution is -2.45. The van der Waals surface area contributed by atoms with Gasteiger partial charge in [0.25, 0.3) is 0 Å². The molecule has 4 rings (SSSR count). The number of benzene rings is 1. The van der Waals surface area contributed by atoms with Crippen LogP contribution < -0.4 is 5.32 Å². The van der Waals surface area contributed by atoms with Gasteiger partial charge in [-0.2, -0.15) is 0 Å². The van der Waals surface area contributed by atoms with E-state index in [1.807, 2.05) is 11.3 Å². The first kappa shape index (κ1) is 19.3. The number of thiophene rings is 1. The molecule has 1 aromatic carbocycles. The summed E-state index contributed by atoms with van der Waals surface area (Å²) in [6, 6.07) is 13.6. The van der Waals surface area contributed by atoms with Crippen molar-refractivity contribution >= 4 is 47.1 Å². The van der Waals surface area contributed by atoms with E-state index in [0.717, 1.165) is 26.2 Å². The predicted molar refractivity (Wildman–Crippen MR) is 108 cm³/mol. The number of hydrogen-bond acceptors (Lipinski definition) is 3. The van der Waals surface area contributed by atoms with Crippen molar-refractivity contribution in [2.75, 3.05) is 26.2 Å². The van der Waals surface area contributed by atoms with E-state index in [-0.39, 0.29) is 24.8 Å². The van der Waals surface area contributed by atoms with E-state index in [0.29, 0.717) is 6.04 Å². The molecule has 24 heavy (non-hydrogen) atoms. The van der Waals surface area contributed by atoms with Gasteiger partial charge in [0.15, 0.2) is 0 Å². The Morgan fingerprint density at radius 2 is 1.79 bits per heavy atom. The van der Waals surface area contributed by atoms with Crippen molar-refractivity contribution in [3.05, 3.63) is 58.4 Å². The van der Waals surface area contributed by atoms with Gasteiger partial charge in [-0.1, -0.05) is 24.3 Å². The van der Waals surface area contributed by atoms with Crippen molar-refractivity contribution in [1.29, 1.82) is 0 Å². The van der Waals surface area contributed by atoms with Crippen LogP contribution >= 0.6 is 36.2 Å². The van der Waals surface area contributed by atoms with Gasteiger partial charge in [0.1, 0.15) is 0 Å². The molecule has 1 N–H and O–H groups in total. The highest BCUT2D eigenvalue weighted by Crippen LogP contribution is 2.36. The topological polar surface area (TPSA) is 20.2 Å². The van der Waals surface area contributed by atoms with Crippen LogP contribution in [0, 0.1) is 0 Å². The van der Waals surface area contributed by atoms with E-state index in [1.165, 1.54) is 21.3 Å². The summed E-state index contributed by atoms with van der Waals surface area (Å²) >= 11 is 1.87. The molecular weight excluding hydrogens is 361 g/mol. The fourth-order valence-corrected chi connectivity index (χ4v) is 4.38. The Balaban J connectivity index is 0.00000104. The number of piperazine rings is 1. The zero-order valence-corrected chi connectivity index (χ0v) is 16.1. The van der Waals surface area contributed by atoms with E-state index in [2.05, 4.69) is 69.8 Å². The molecule has 3 heterocycles. The fourth-order valence-electron chi connectivity index (χ4n) is 3.51. The molecule has 0 aliphatic carbocycles. The van der Waals surface area contributed by atoms with E-state index in [9.17, 15) is 0 Å². The molecule has 0 bridgehead atoms. The van der Waals surface area contributed by atoms with Gasteiger partial charge >= 0.3 is 0 Å². The zero-order valence-electron chi connectivity index (χ0n) is 13.6. The highest BCUT2D eigenvalue weighted by atomic mass is 35.5. The van der Waals surface area contributed by atoms with Crippen LogP contribution in [-0.4, -0.2) is 35.6 Å². The lowest BCUT2D eigenvalue weighted by molar-refractivity contribution is 0.201. The second kappa shape index (κ2) is 8.37. The van der Waals surface area contributed by atoms with Gasteiger partial charge in [0.05, 0.1) is 6.04 Å². The van der Waals surface area contributed by atoms with Crippen LogP contribution in [0.5, 0.6) is 0 Å². The average Bonchev–Trinajstić information content (AvgIpc) is 3.19. The van der Waals surface area contributed by atoms with Crippen molar-refractivity contribution in [2.45, 2.75) is 6.04 Å². The number of nitrogens with zero attached hydrogens (tertiary/aromatic N) is 2. The molecule has 130 valence electrons. The molecule has 0 saturated carbocycles. The molecule has 2 aromatic heterocycles. The third kappa shape index (κ3) is 3.48. The molecule has 1 atom stereocenters. The maximum atomic E-state index is 3.47. The summed E-state index contributed by atoms with van der Waals surface area (Å²) in [5.41, 5.74) is 2.75. The van der Waals surface area contributed by atoms with Crippen LogP contribution in [0.1, 0.15) is 16.5 Å². The Morgan fingerprint density at radius 1 is 1.04 bits per heavy atom. The van der Waals surface area contributed by atoms with Crippen LogP contribution in [-0.2, 0) is 7.05 Å². The molecule has 1 aliphatic heterocycles. The van der Waals surface area contributed by atoms with E-state index in [4.69, 9.17) is 0 Å². The smallest absolute Gasteiger partial charge is 0.0717 e. The second-order valence-electron chi connectivity index (χ2n) is 5.92. The quantitative estimate of drug-likeness (QED) is 0.735. The van der Waals surface area contributed by atoms with Gasteiger partial charge in [-0.3, -0.25) is 4.90 Å². The Kier molecular flexibility index (Phi) is 6.72. The van der Waals surface area contributed by atoms with Gasteiger partial charge in [-0.25, -0.2) is 0 Å². The Hall–Kier alpha value is -1.04. The SMILES string of the molecule is Cl.Cl.Cn1cc([C@H](c2cccs2)N2CCNCC2)c2ccccc21. The van der Waals surface area contributed by atoms with Crippen molar-refractivity contribution < 1.29 is 0 Å². The monoisotopic (exact) mass is 383 g/mol. The summed E-state index contributed by atoms with van der Waals surface area (Å²) in [6.07, 6.45) is 2.32. The minimum atomic E-state index is 0. The largest absolute Gasteiger partial charge is 0.350 e. The maximum absolute atomic E-state index is 3.47. The number of aromatic nitrogens is 1. The summed E-state index contributed by atoms with van der Waals surface area (Å²) < 4.78 is 2.26. The van der Waals surface area contributed by atoms with Crippen LogP contribution in [0.15, 0.2) is 48.0 Å². The first-order chi connectivity index (χ1) is 10.8. The maximum Gasteiger partial charge on any atom is 0.0717 e. The van der Waals surface area contributed by atoms with Crippen molar-refractivity contribution in [3.63, 3.8) is 0 Å². The number of hydrogen-bond donors (Lipinski definition) is 1. The predicted octanol–water partition coefficient (Wildman–Crippen LogP) is 4.08. The highest BCUT2D eigenvalue weighted by Gasteiger charge is 2.27. The summed E-state index contributed by atoms with van der Waals surface area (Å²) in [4.78, 5) is 4.06. The number of fused-ring (bicyclic) bond motifs is 1. The summed E-state index contributed by atoms with van der Waals surface area (Å²) in [6.45, 7) is 4.36. The molecule has 1 saturated heterocycles. The van der Waals surface area contributed by atoms with Crippen LogP contribution in [0.2, 0.25) is 0 Å². The van der Waals surface area contributed by atoms with Crippen LogP contribution in [0.25, 0.3) is 10.9 Å². The molecule has 0 unspecified atom stereocenters. The van der Waals surface area contributed by atoms with E-state index in [1.54, 1.807) is 0 Å². The number of aryl methyl sites for hydroxylation is 1. The molecule has 0 spiro atoms. The normalized spacial score (nSPS) is 16.4. The average molecular weight is 384 g/mol. The highest BCUT2D eigenvalue weighted by molar-refractivity contribution is 7.10. The van der Waals surface area contributed by atoms with Gasteiger partial charge < -0.3 is 9.88 Å². The third-order valence-electron chi connectivity index (χ3n) is 4.55. The lowest BCUT2D eigenvalue weighted by atomic mass is 10.0. The number of para-hydroxylation sites is 1. The molecule has 3 aromatic rings. The first-order valence-corrected chi connectivity index (χ1v) is 8.74. The van der Waals surface area contributed by atoms with E-state index < -0.39 is 0 Å². The van der Waals surface area contributed by atoms with Gasteiger partial charge in [0.2, 0.25) is 0 Å². The lowest BCUT2D eigenvalue weighted by Gasteiger charge is -2.34. The Morgan fingerprint density at radius 3 is 2.50 bits per heavy atom. The minimum absolute atomic E-state index is 0. The molecule has 0 amide bonds. The minimum Gasteiger partial charge on any atom is -0.350 e. The summed E-state index contributed by atoms with van der Waals surface area (Å²) in [5.74, 6) is 0. The summed E-state index contributed by atoms with van der Waals surface area (Å²) in [7, 11) is 2.15. The number of nitrogens with one attached hydrogen (secondary N) is 1. The third-order valence-corrected chi connectivity index (χ3v) is 5.48. The van der Waals surface area contributed by atoms with E-state index >= 15 is 0 Å². The number of halogens is 2. The molecule has 6 heteroatoms. The molecule has 1 fully saturated rings.